The smallest absolute Gasteiger partial charge is 0.304 e. The number of benzene rings is 1. The first-order valence-electron chi connectivity index (χ1n) is 7.68. The molecule has 5 nitrogen and oxygen atoms in total. The highest BCUT2D eigenvalue weighted by Crippen LogP contribution is 2.25. The Morgan fingerprint density at radius 1 is 1.20 bits per heavy atom. The number of para-hydroxylation sites is 1. The van der Waals surface area contributed by atoms with E-state index in [0.717, 1.165) is 15.8 Å². The van der Waals surface area contributed by atoms with Crippen LogP contribution in [0.4, 0.5) is 0 Å². The highest BCUT2D eigenvalue weighted by molar-refractivity contribution is 7.99. The van der Waals surface area contributed by atoms with Crippen molar-refractivity contribution >= 4 is 45.9 Å². The molecule has 3 rings (SSSR count). The van der Waals surface area contributed by atoms with E-state index in [9.17, 15) is 9.59 Å². The first kappa shape index (κ1) is 17.4. The van der Waals surface area contributed by atoms with Crippen molar-refractivity contribution < 1.29 is 14.7 Å². The molecular formula is C18H16N2O3S2. The minimum absolute atomic E-state index is 0.0232. The molecule has 0 bridgehead atoms. The zero-order chi connectivity index (χ0) is 17.6. The van der Waals surface area contributed by atoms with E-state index in [0.29, 0.717) is 22.9 Å². The molecule has 2 heterocycles. The van der Waals surface area contributed by atoms with Crippen molar-refractivity contribution in [2.45, 2.75) is 18.0 Å². The Bertz CT molecular complexity index is 894. The van der Waals surface area contributed by atoms with Gasteiger partial charge in [-0.3, -0.25) is 9.59 Å². The molecule has 2 aromatic heterocycles. The van der Waals surface area contributed by atoms with Gasteiger partial charge in [0.05, 0.1) is 24.0 Å². The lowest BCUT2D eigenvalue weighted by Gasteiger charge is -2.10. The quantitative estimate of drug-likeness (QED) is 0.617. The molecule has 0 saturated carbocycles. The number of thiophene rings is 1. The van der Waals surface area contributed by atoms with Crippen LogP contribution in [0.25, 0.3) is 10.9 Å². The van der Waals surface area contributed by atoms with Crippen LogP contribution in [-0.2, 0) is 11.3 Å². The van der Waals surface area contributed by atoms with Crippen LogP contribution in [0.5, 0.6) is 0 Å². The molecule has 0 fully saturated rings. The lowest BCUT2D eigenvalue weighted by molar-refractivity contribution is -0.136. The molecule has 7 heteroatoms. The average Bonchev–Trinajstić information content (AvgIpc) is 3.12. The summed E-state index contributed by atoms with van der Waals surface area (Å²) in [5.41, 5.74) is 1.26. The molecule has 128 valence electrons. The van der Waals surface area contributed by atoms with Crippen molar-refractivity contribution in [3.05, 3.63) is 58.3 Å². The van der Waals surface area contributed by atoms with Gasteiger partial charge in [-0.15, -0.1) is 23.1 Å². The van der Waals surface area contributed by atoms with Gasteiger partial charge in [-0.1, -0.05) is 24.3 Å². The van der Waals surface area contributed by atoms with Gasteiger partial charge in [-0.25, -0.2) is 4.98 Å². The van der Waals surface area contributed by atoms with Gasteiger partial charge in [0.15, 0.2) is 0 Å². The Hall–Kier alpha value is -2.38. The largest absolute Gasteiger partial charge is 0.481 e. The van der Waals surface area contributed by atoms with Gasteiger partial charge in [-0.05, 0) is 23.6 Å². The number of pyridine rings is 1. The molecule has 0 radical (unpaired) electrons. The van der Waals surface area contributed by atoms with Gasteiger partial charge >= 0.3 is 5.97 Å². The molecule has 0 aliphatic heterocycles. The van der Waals surface area contributed by atoms with Crippen LogP contribution in [0.15, 0.2) is 52.9 Å². The van der Waals surface area contributed by atoms with Crippen molar-refractivity contribution in [1.82, 2.24) is 10.3 Å². The molecule has 1 aromatic carbocycles. The van der Waals surface area contributed by atoms with E-state index in [-0.39, 0.29) is 12.3 Å². The summed E-state index contributed by atoms with van der Waals surface area (Å²) in [7, 11) is 0. The Morgan fingerprint density at radius 3 is 2.80 bits per heavy atom. The van der Waals surface area contributed by atoms with E-state index in [2.05, 4.69) is 10.3 Å². The number of hydrogen-bond acceptors (Lipinski definition) is 5. The van der Waals surface area contributed by atoms with Gasteiger partial charge in [0.1, 0.15) is 5.03 Å². The third kappa shape index (κ3) is 4.58. The van der Waals surface area contributed by atoms with Gasteiger partial charge in [0.25, 0.3) is 5.91 Å². The number of nitrogens with zero attached hydrogens (tertiary/aromatic N) is 1. The summed E-state index contributed by atoms with van der Waals surface area (Å²) in [5.74, 6) is -0.701. The molecular weight excluding hydrogens is 356 g/mol. The fraction of sp³-hybridized carbons (Fsp3) is 0.167. The molecule has 25 heavy (non-hydrogen) atoms. The maximum atomic E-state index is 12.6. The highest BCUT2D eigenvalue weighted by atomic mass is 32.2. The number of carboxylic acid groups (broad SMARTS) is 1. The summed E-state index contributed by atoms with van der Waals surface area (Å²) >= 11 is 2.87. The third-order valence-corrected chi connectivity index (χ3v) is 5.36. The van der Waals surface area contributed by atoms with E-state index in [4.69, 9.17) is 5.11 Å². The molecule has 0 atom stereocenters. The number of carbonyl (C=O) groups excluding carboxylic acids is 1. The molecule has 0 spiro atoms. The van der Waals surface area contributed by atoms with E-state index >= 15 is 0 Å². The topological polar surface area (TPSA) is 79.3 Å². The number of nitrogens with one attached hydrogen (secondary N) is 1. The van der Waals surface area contributed by atoms with Crippen LogP contribution < -0.4 is 5.32 Å². The van der Waals surface area contributed by atoms with E-state index < -0.39 is 5.97 Å². The number of aromatic nitrogens is 1. The molecule has 0 saturated heterocycles. The van der Waals surface area contributed by atoms with Crippen LogP contribution in [0.1, 0.15) is 21.7 Å². The number of amides is 1. The lowest BCUT2D eigenvalue weighted by Crippen LogP contribution is -2.23. The summed E-state index contributed by atoms with van der Waals surface area (Å²) in [6.07, 6.45) is 0.0232. The van der Waals surface area contributed by atoms with Crippen molar-refractivity contribution in [3.8, 4) is 0 Å². The number of fused-ring (bicyclic) bond motifs is 1. The van der Waals surface area contributed by atoms with Crippen LogP contribution in [0.3, 0.4) is 0 Å². The summed E-state index contributed by atoms with van der Waals surface area (Å²) in [5, 5.41) is 15.1. The monoisotopic (exact) mass is 372 g/mol. The maximum absolute atomic E-state index is 12.6. The van der Waals surface area contributed by atoms with E-state index in [1.54, 1.807) is 11.3 Å². The summed E-state index contributed by atoms with van der Waals surface area (Å²) in [6, 6.07) is 13.3. The zero-order valence-corrected chi connectivity index (χ0v) is 14.9. The van der Waals surface area contributed by atoms with E-state index in [1.807, 2.05) is 47.8 Å². The van der Waals surface area contributed by atoms with Gasteiger partial charge < -0.3 is 10.4 Å². The minimum atomic E-state index is -0.864. The van der Waals surface area contributed by atoms with Gasteiger partial charge in [0.2, 0.25) is 0 Å². The second-order valence-corrected chi connectivity index (χ2v) is 7.40. The van der Waals surface area contributed by atoms with Crippen LogP contribution in [0, 0.1) is 0 Å². The molecule has 0 aliphatic carbocycles. The molecule has 1 amide bonds. The normalized spacial score (nSPS) is 10.7. The molecule has 3 aromatic rings. The fourth-order valence-corrected chi connectivity index (χ4v) is 3.87. The van der Waals surface area contributed by atoms with Crippen LogP contribution >= 0.6 is 23.1 Å². The predicted molar refractivity (Wildman–Crippen MR) is 100 cm³/mol. The standard InChI is InChI=1S/C18H16N2O3S2/c21-16(22)7-9-25-18-14(10-12-4-1-2-6-15(12)20-18)17(23)19-11-13-5-3-8-24-13/h1-6,8,10H,7,9,11H2,(H,19,23)(H,21,22). The first-order chi connectivity index (χ1) is 12.1. The van der Waals surface area contributed by atoms with Crippen molar-refractivity contribution in [2.24, 2.45) is 0 Å². The van der Waals surface area contributed by atoms with Crippen LogP contribution in [0.2, 0.25) is 0 Å². The van der Waals surface area contributed by atoms with Crippen molar-refractivity contribution in [3.63, 3.8) is 0 Å². The number of hydrogen-bond donors (Lipinski definition) is 2. The average molecular weight is 372 g/mol. The summed E-state index contributed by atoms with van der Waals surface area (Å²) in [4.78, 5) is 29.0. The molecule has 0 aliphatic rings. The third-order valence-electron chi connectivity index (χ3n) is 3.49. The summed E-state index contributed by atoms with van der Waals surface area (Å²) < 4.78 is 0. The Kier molecular flexibility index (Phi) is 5.67. The maximum Gasteiger partial charge on any atom is 0.304 e. The number of rotatable bonds is 7. The fourth-order valence-electron chi connectivity index (χ4n) is 2.28. The molecule has 2 N–H and O–H groups in total. The lowest BCUT2D eigenvalue weighted by atomic mass is 10.1. The zero-order valence-electron chi connectivity index (χ0n) is 13.3. The SMILES string of the molecule is O=C(O)CCSc1nc2ccccc2cc1C(=O)NCc1cccs1. The Morgan fingerprint density at radius 2 is 2.04 bits per heavy atom. The number of thioether (sulfide) groups is 1. The van der Waals surface area contributed by atoms with E-state index in [1.165, 1.54) is 11.8 Å². The minimum Gasteiger partial charge on any atom is -0.481 e. The van der Waals surface area contributed by atoms with Crippen LogP contribution in [-0.4, -0.2) is 27.7 Å². The van der Waals surface area contributed by atoms with Gasteiger partial charge in [0, 0.05) is 16.0 Å². The number of carboxylic acids is 1. The Balaban J connectivity index is 1.84. The Labute approximate surface area is 153 Å². The predicted octanol–water partition coefficient (Wildman–Crippen LogP) is 3.79. The molecule has 0 unspecified atom stereocenters. The first-order valence-corrected chi connectivity index (χ1v) is 9.55. The highest BCUT2D eigenvalue weighted by Gasteiger charge is 2.15. The summed E-state index contributed by atoms with van der Waals surface area (Å²) in [6.45, 7) is 0.461. The van der Waals surface area contributed by atoms with Crippen molar-refractivity contribution in [2.75, 3.05) is 5.75 Å². The number of aliphatic carboxylic acids is 1. The van der Waals surface area contributed by atoms with Crippen molar-refractivity contribution in [1.29, 1.82) is 0 Å². The number of carbonyl (C=O) groups is 2. The second kappa shape index (κ2) is 8.13. The van der Waals surface area contributed by atoms with Gasteiger partial charge in [-0.2, -0.15) is 0 Å². The second-order valence-electron chi connectivity index (χ2n) is 5.29.